The second kappa shape index (κ2) is 2.90. The van der Waals surface area contributed by atoms with E-state index in [0.717, 1.165) is 16.6 Å². The Hall–Kier alpha value is -0.835. The van der Waals surface area contributed by atoms with Gasteiger partial charge in [0, 0.05) is 5.56 Å². The van der Waals surface area contributed by atoms with Gasteiger partial charge in [0.2, 0.25) is 0 Å². The van der Waals surface area contributed by atoms with Crippen molar-refractivity contribution in [3.8, 4) is 0 Å². The number of fused-ring (bicyclic) bond motifs is 1. The number of rotatable bonds is 1. The van der Waals surface area contributed by atoms with Gasteiger partial charge in [-0.1, -0.05) is 18.2 Å². The lowest BCUT2D eigenvalue weighted by Gasteiger charge is -2.03. The maximum absolute atomic E-state index is 9.23. The molecule has 12 heavy (non-hydrogen) atoms. The zero-order valence-electron chi connectivity index (χ0n) is 6.40. The summed E-state index contributed by atoms with van der Waals surface area (Å²) in [5.41, 5.74) is 2.42. The zero-order valence-corrected chi connectivity index (χ0v) is 6.40. The fourth-order valence-electron chi connectivity index (χ4n) is 1.26. The molecular formula is C8H8BO3. The summed E-state index contributed by atoms with van der Waals surface area (Å²) < 4.78 is 4.87. The Balaban J connectivity index is 2.41. The van der Waals surface area contributed by atoms with E-state index in [4.69, 9.17) is 9.76 Å². The summed E-state index contributed by atoms with van der Waals surface area (Å²) in [6.45, 7) is 0.0111. The molecule has 2 N–H and O–H groups in total. The van der Waals surface area contributed by atoms with Gasteiger partial charge >= 0.3 is 7.48 Å². The molecule has 1 atom stereocenters. The van der Waals surface area contributed by atoms with Crippen molar-refractivity contribution in [2.45, 2.75) is 12.9 Å². The van der Waals surface area contributed by atoms with Crippen LogP contribution in [0.5, 0.6) is 0 Å². The van der Waals surface area contributed by atoms with Gasteiger partial charge in [0.25, 0.3) is 0 Å². The summed E-state index contributed by atoms with van der Waals surface area (Å²) in [6.07, 6.45) is -0.840. The minimum Gasteiger partial charge on any atom is -0.407 e. The van der Waals surface area contributed by atoms with Gasteiger partial charge in [-0.25, -0.2) is 0 Å². The smallest absolute Gasteiger partial charge is 0.334 e. The Bertz CT molecular complexity index is 300. The van der Waals surface area contributed by atoms with Crippen LogP contribution in [-0.4, -0.2) is 17.7 Å². The molecule has 1 radical (unpaired) electrons. The molecule has 1 heterocycles. The molecule has 3 nitrogen and oxygen atoms in total. The maximum Gasteiger partial charge on any atom is 0.334 e. The first-order valence-electron chi connectivity index (χ1n) is 3.71. The topological polar surface area (TPSA) is 49.7 Å². The second-order valence-corrected chi connectivity index (χ2v) is 2.73. The fourth-order valence-corrected chi connectivity index (χ4v) is 1.26. The summed E-state index contributed by atoms with van der Waals surface area (Å²) >= 11 is 0. The molecule has 1 aliphatic rings. The lowest BCUT2D eigenvalue weighted by atomic mass is 9.86. The van der Waals surface area contributed by atoms with Crippen molar-refractivity contribution in [1.29, 1.82) is 0 Å². The number of aliphatic hydroxyl groups is 2. The van der Waals surface area contributed by atoms with Crippen molar-refractivity contribution in [2.24, 2.45) is 0 Å². The molecule has 4 heteroatoms. The first-order valence-corrected chi connectivity index (χ1v) is 3.71. The number of aliphatic hydroxyl groups excluding tert-OH is 2. The quantitative estimate of drug-likeness (QED) is 0.545. The van der Waals surface area contributed by atoms with Crippen molar-refractivity contribution >= 4 is 12.9 Å². The van der Waals surface area contributed by atoms with Gasteiger partial charge in [0.05, 0.1) is 6.61 Å². The molecule has 0 bridgehead atoms. The van der Waals surface area contributed by atoms with Crippen molar-refractivity contribution in [3.63, 3.8) is 0 Å². The van der Waals surface area contributed by atoms with Crippen molar-refractivity contribution < 1.29 is 14.9 Å². The van der Waals surface area contributed by atoms with Crippen LogP contribution >= 0.6 is 0 Å². The van der Waals surface area contributed by atoms with Crippen molar-refractivity contribution in [1.82, 2.24) is 0 Å². The Labute approximate surface area is 70.9 Å². The molecule has 0 saturated heterocycles. The highest BCUT2D eigenvalue weighted by atomic mass is 16.6. The molecule has 1 aromatic carbocycles. The monoisotopic (exact) mass is 163 g/mol. The van der Waals surface area contributed by atoms with Gasteiger partial charge in [-0.3, -0.25) is 0 Å². The van der Waals surface area contributed by atoms with E-state index in [1.165, 1.54) is 7.48 Å². The summed E-state index contributed by atoms with van der Waals surface area (Å²) in [5, 5.41) is 18.0. The Kier molecular flexibility index (Phi) is 1.88. The molecule has 0 spiro atoms. The van der Waals surface area contributed by atoms with Gasteiger partial charge < -0.3 is 14.9 Å². The van der Waals surface area contributed by atoms with Crippen LogP contribution in [0.2, 0.25) is 0 Å². The standard InChI is InChI=1S/C8H8BO3/c10-4-5-1-2-6-7(3-5)9-12-8(6)11/h1-3,8,10-11H,4H2. The average Bonchev–Trinajstić information content (AvgIpc) is 2.47. The Morgan fingerprint density at radius 2 is 2.33 bits per heavy atom. The van der Waals surface area contributed by atoms with E-state index in [1.807, 2.05) is 0 Å². The number of benzene rings is 1. The highest BCUT2D eigenvalue weighted by Gasteiger charge is 2.21. The summed E-state index contributed by atoms with van der Waals surface area (Å²) in [7, 11) is 1.50. The Morgan fingerprint density at radius 3 is 3.08 bits per heavy atom. The van der Waals surface area contributed by atoms with Crippen LogP contribution in [0.15, 0.2) is 18.2 Å². The predicted octanol–water partition coefficient (Wildman–Crippen LogP) is -0.556. The lowest BCUT2D eigenvalue weighted by Crippen LogP contribution is -2.12. The second-order valence-electron chi connectivity index (χ2n) is 2.73. The molecule has 0 fully saturated rings. The lowest BCUT2D eigenvalue weighted by molar-refractivity contribution is -0.00795. The van der Waals surface area contributed by atoms with Gasteiger partial charge in [-0.15, -0.1) is 0 Å². The van der Waals surface area contributed by atoms with E-state index in [9.17, 15) is 5.11 Å². The highest BCUT2D eigenvalue weighted by Crippen LogP contribution is 2.17. The van der Waals surface area contributed by atoms with Crippen LogP contribution in [-0.2, 0) is 11.3 Å². The van der Waals surface area contributed by atoms with Gasteiger partial charge in [-0.05, 0) is 11.0 Å². The summed E-state index contributed by atoms with van der Waals surface area (Å²) in [5.74, 6) is 0. The fraction of sp³-hybridized carbons (Fsp3) is 0.250. The van der Waals surface area contributed by atoms with Crippen molar-refractivity contribution in [3.05, 3.63) is 29.3 Å². The molecule has 0 amide bonds. The van der Waals surface area contributed by atoms with E-state index in [1.54, 1.807) is 18.2 Å². The highest BCUT2D eigenvalue weighted by molar-refractivity contribution is 6.49. The molecule has 0 aromatic heterocycles. The predicted molar refractivity (Wildman–Crippen MR) is 43.8 cm³/mol. The van der Waals surface area contributed by atoms with Crippen LogP contribution in [0, 0.1) is 0 Å². The normalized spacial score (nSPS) is 20.3. The maximum atomic E-state index is 9.23. The molecule has 0 aliphatic carbocycles. The third-order valence-electron chi connectivity index (χ3n) is 1.92. The van der Waals surface area contributed by atoms with Crippen LogP contribution < -0.4 is 5.46 Å². The third-order valence-corrected chi connectivity index (χ3v) is 1.92. The van der Waals surface area contributed by atoms with Crippen LogP contribution in [0.4, 0.5) is 0 Å². The SMILES string of the molecule is OCc1ccc2c(c1)[B]OC2O. The van der Waals surface area contributed by atoms with Crippen LogP contribution in [0.1, 0.15) is 17.4 Å². The number of hydrogen-bond donors (Lipinski definition) is 2. The van der Waals surface area contributed by atoms with Crippen molar-refractivity contribution in [2.75, 3.05) is 0 Å². The van der Waals surface area contributed by atoms with Gasteiger partial charge in [-0.2, -0.15) is 0 Å². The van der Waals surface area contributed by atoms with E-state index >= 15 is 0 Å². The molecule has 61 valence electrons. The first-order chi connectivity index (χ1) is 5.81. The molecule has 0 saturated carbocycles. The van der Waals surface area contributed by atoms with E-state index in [0.29, 0.717) is 0 Å². The minimum absolute atomic E-state index is 0.0111. The average molecular weight is 163 g/mol. The molecule has 1 aliphatic heterocycles. The largest absolute Gasteiger partial charge is 0.407 e. The van der Waals surface area contributed by atoms with Gasteiger partial charge in [0.1, 0.15) is 0 Å². The van der Waals surface area contributed by atoms with Gasteiger partial charge in [0.15, 0.2) is 6.29 Å². The summed E-state index contributed by atoms with van der Waals surface area (Å²) in [6, 6.07) is 5.32. The molecular weight excluding hydrogens is 155 g/mol. The molecule has 1 aromatic rings. The van der Waals surface area contributed by atoms with E-state index in [-0.39, 0.29) is 6.61 Å². The molecule has 2 rings (SSSR count). The van der Waals surface area contributed by atoms with E-state index < -0.39 is 6.29 Å². The number of hydrogen-bond acceptors (Lipinski definition) is 3. The minimum atomic E-state index is -0.840. The van der Waals surface area contributed by atoms with Crippen LogP contribution in [0.25, 0.3) is 0 Å². The third kappa shape index (κ3) is 1.14. The van der Waals surface area contributed by atoms with E-state index in [2.05, 4.69) is 0 Å². The zero-order chi connectivity index (χ0) is 8.55. The Morgan fingerprint density at radius 1 is 1.50 bits per heavy atom. The first kappa shape index (κ1) is 7.80. The van der Waals surface area contributed by atoms with Crippen LogP contribution in [0.3, 0.4) is 0 Å². The summed E-state index contributed by atoms with van der Waals surface area (Å²) in [4.78, 5) is 0. The molecule has 1 unspecified atom stereocenters.